The Morgan fingerprint density at radius 3 is 2.25 bits per heavy atom. The molecule has 0 heterocycles. The Morgan fingerprint density at radius 1 is 1.05 bits per heavy atom. The summed E-state index contributed by atoms with van der Waals surface area (Å²) in [5.74, 6) is 0. The highest BCUT2D eigenvalue weighted by Crippen LogP contribution is 1.99. The van der Waals surface area contributed by atoms with Gasteiger partial charge in [-0.2, -0.15) is 10.2 Å². The van der Waals surface area contributed by atoms with E-state index in [2.05, 4.69) is 21.1 Å². The maximum Gasteiger partial charge on any atom is 0.277 e. The Hall–Kier alpha value is -2.06. The molecule has 0 aromatic heterocycles. The highest BCUT2D eigenvalue weighted by molar-refractivity contribution is 7.80. The summed E-state index contributed by atoms with van der Waals surface area (Å²) in [5.41, 5.74) is 6.54. The first-order chi connectivity index (χ1) is 9.67. The molecule has 2 N–H and O–H groups in total. The van der Waals surface area contributed by atoms with E-state index in [4.69, 9.17) is 33.9 Å². The van der Waals surface area contributed by atoms with Crippen molar-refractivity contribution in [2.75, 3.05) is 14.2 Å². The SMILES string of the molecule is COC(=S)N/N=C\C(=N/NC(=S)OC)c1ccccc1. The third-order valence-electron chi connectivity index (χ3n) is 2.05. The molecule has 0 atom stereocenters. The molecule has 106 valence electrons. The van der Waals surface area contributed by atoms with Gasteiger partial charge in [0.05, 0.1) is 20.4 Å². The first kappa shape index (κ1) is 16.0. The third kappa shape index (κ3) is 5.72. The predicted octanol–water partition coefficient (Wildman–Crippen LogP) is 1.42. The quantitative estimate of drug-likeness (QED) is 0.498. The van der Waals surface area contributed by atoms with Gasteiger partial charge in [-0.3, -0.25) is 0 Å². The molecule has 8 heteroatoms. The van der Waals surface area contributed by atoms with Crippen LogP contribution in [-0.4, -0.2) is 36.5 Å². The molecular weight excluding hydrogens is 296 g/mol. The van der Waals surface area contributed by atoms with Gasteiger partial charge in [-0.05, 0) is 24.4 Å². The third-order valence-corrected chi connectivity index (χ3v) is 2.57. The number of ether oxygens (including phenoxy) is 2. The van der Waals surface area contributed by atoms with Crippen molar-refractivity contribution in [3.05, 3.63) is 35.9 Å². The van der Waals surface area contributed by atoms with Gasteiger partial charge in [0.2, 0.25) is 0 Å². The van der Waals surface area contributed by atoms with E-state index < -0.39 is 0 Å². The molecule has 0 amide bonds. The van der Waals surface area contributed by atoms with Crippen LogP contribution in [0, 0.1) is 0 Å². The van der Waals surface area contributed by atoms with Gasteiger partial charge in [-0.25, -0.2) is 10.9 Å². The number of hydrazone groups is 2. The molecule has 1 rings (SSSR count). The molecule has 0 aliphatic heterocycles. The van der Waals surface area contributed by atoms with Crippen molar-refractivity contribution in [2.45, 2.75) is 0 Å². The van der Waals surface area contributed by atoms with Crippen LogP contribution in [-0.2, 0) is 9.47 Å². The van der Waals surface area contributed by atoms with Gasteiger partial charge in [-0.15, -0.1) is 0 Å². The second kappa shape index (κ2) is 8.94. The second-order valence-electron chi connectivity index (χ2n) is 3.33. The zero-order valence-corrected chi connectivity index (χ0v) is 12.6. The van der Waals surface area contributed by atoms with E-state index in [9.17, 15) is 0 Å². The topological polar surface area (TPSA) is 67.2 Å². The molecule has 0 aliphatic rings. The molecule has 1 aromatic rings. The fourth-order valence-electron chi connectivity index (χ4n) is 1.12. The van der Waals surface area contributed by atoms with Crippen LogP contribution in [0.2, 0.25) is 0 Å². The molecule has 0 saturated heterocycles. The van der Waals surface area contributed by atoms with Crippen molar-refractivity contribution < 1.29 is 9.47 Å². The van der Waals surface area contributed by atoms with Crippen molar-refractivity contribution in [1.29, 1.82) is 0 Å². The number of nitrogens with one attached hydrogen (secondary N) is 2. The number of nitrogens with zero attached hydrogens (tertiary/aromatic N) is 2. The van der Waals surface area contributed by atoms with Crippen LogP contribution in [0.3, 0.4) is 0 Å². The lowest BCUT2D eigenvalue weighted by Crippen LogP contribution is -2.21. The van der Waals surface area contributed by atoms with E-state index >= 15 is 0 Å². The first-order valence-corrected chi connectivity index (χ1v) is 6.33. The van der Waals surface area contributed by atoms with Gasteiger partial charge in [0.1, 0.15) is 5.71 Å². The second-order valence-corrected chi connectivity index (χ2v) is 4.07. The van der Waals surface area contributed by atoms with E-state index in [1.54, 1.807) is 0 Å². The van der Waals surface area contributed by atoms with E-state index in [1.165, 1.54) is 20.4 Å². The maximum atomic E-state index is 4.86. The Morgan fingerprint density at radius 2 is 1.65 bits per heavy atom. The normalized spacial score (nSPS) is 11.0. The number of benzene rings is 1. The smallest absolute Gasteiger partial charge is 0.277 e. The van der Waals surface area contributed by atoms with Crippen molar-refractivity contribution in [3.63, 3.8) is 0 Å². The summed E-state index contributed by atoms with van der Waals surface area (Å²) in [6.07, 6.45) is 1.49. The minimum Gasteiger partial charge on any atom is -0.473 e. The van der Waals surface area contributed by atoms with Gasteiger partial charge in [0.25, 0.3) is 10.3 Å². The van der Waals surface area contributed by atoms with Crippen LogP contribution >= 0.6 is 24.4 Å². The monoisotopic (exact) mass is 310 g/mol. The summed E-state index contributed by atoms with van der Waals surface area (Å²) in [5, 5.41) is 8.36. The van der Waals surface area contributed by atoms with Gasteiger partial charge in [-0.1, -0.05) is 30.3 Å². The summed E-state index contributed by atoms with van der Waals surface area (Å²) >= 11 is 9.66. The lowest BCUT2D eigenvalue weighted by molar-refractivity contribution is 0.394. The lowest BCUT2D eigenvalue weighted by atomic mass is 10.1. The zero-order chi connectivity index (χ0) is 14.8. The Kier molecular flexibility index (Phi) is 7.15. The summed E-state index contributed by atoms with van der Waals surface area (Å²) < 4.78 is 9.57. The fraction of sp³-hybridized carbons (Fsp3) is 0.167. The highest BCUT2D eigenvalue weighted by atomic mass is 32.1. The van der Waals surface area contributed by atoms with Gasteiger partial charge in [0, 0.05) is 5.56 Å². The van der Waals surface area contributed by atoms with Gasteiger partial charge < -0.3 is 9.47 Å². The molecule has 0 radical (unpaired) electrons. The summed E-state index contributed by atoms with van der Waals surface area (Å²) in [7, 11) is 2.91. The van der Waals surface area contributed by atoms with Crippen LogP contribution in [0.1, 0.15) is 5.56 Å². The number of rotatable bonds is 4. The van der Waals surface area contributed by atoms with Crippen molar-refractivity contribution in [1.82, 2.24) is 10.9 Å². The highest BCUT2D eigenvalue weighted by Gasteiger charge is 2.01. The van der Waals surface area contributed by atoms with Crippen LogP contribution < -0.4 is 10.9 Å². The Balaban J connectivity index is 2.85. The van der Waals surface area contributed by atoms with Crippen molar-refractivity contribution >= 4 is 46.7 Å². The van der Waals surface area contributed by atoms with Gasteiger partial charge in [0.15, 0.2) is 0 Å². The first-order valence-electron chi connectivity index (χ1n) is 5.51. The van der Waals surface area contributed by atoms with Crippen LogP contribution in [0.5, 0.6) is 0 Å². The van der Waals surface area contributed by atoms with Crippen LogP contribution in [0.15, 0.2) is 40.5 Å². The average molecular weight is 310 g/mol. The minimum absolute atomic E-state index is 0.159. The average Bonchev–Trinajstić information content (AvgIpc) is 2.50. The molecule has 0 aliphatic carbocycles. The van der Waals surface area contributed by atoms with E-state index in [-0.39, 0.29) is 10.3 Å². The standard InChI is InChI=1S/C12H14N4O2S2/c1-17-11(19)15-13-8-10(14-16-12(20)18-2)9-6-4-3-5-7-9/h3-8H,1-2H3,(H,15,19)(H,16,20)/b13-8-,14-10+. The van der Waals surface area contributed by atoms with Crippen LogP contribution in [0.25, 0.3) is 0 Å². The predicted molar refractivity (Wildman–Crippen MR) is 87.0 cm³/mol. The molecule has 0 unspecified atom stereocenters. The molecule has 0 bridgehead atoms. The van der Waals surface area contributed by atoms with E-state index in [1.807, 2.05) is 30.3 Å². The molecule has 0 fully saturated rings. The number of hydrogen-bond acceptors (Lipinski definition) is 6. The van der Waals surface area contributed by atoms with E-state index in [0.29, 0.717) is 5.71 Å². The zero-order valence-electron chi connectivity index (χ0n) is 11.0. The molecule has 0 spiro atoms. The van der Waals surface area contributed by atoms with Crippen molar-refractivity contribution in [3.8, 4) is 0 Å². The lowest BCUT2D eigenvalue weighted by Gasteiger charge is -2.04. The maximum absolute atomic E-state index is 4.86. The molecule has 20 heavy (non-hydrogen) atoms. The Bertz CT molecular complexity index is 517. The van der Waals surface area contributed by atoms with Gasteiger partial charge >= 0.3 is 0 Å². The molecule has 1 aromatic carbocycles. The summed E-state index contributed by atoms with van der Waals surface area (Å²) in [4.78, 5) is 0. The minimum atomic E-state index is 0.159. The summed E-state index contributed by atoms with van der Waals surface area (Å²) in [6, 6.07) is 9.46. The number of thiocarbonyl (C=S) groups is 2. The number of hydrogen-bond donors (Lipinski definition) is 2. The summed E-state index contributed by atoms with van der Waals surface area (Å²) in [6.45, 7) is 0. The van der Waals surface area contributed by atoms with E-state index in [0.717, 1.165) is 5.56 Å². The largest absolute Gasteiger partial charge is 0.473 e. The molecular formula is C12H14N4O2S2. The Labute approximate surface area is 127 Å². The number of methoxy groups -OCH3 is 2. The van der Waals surface area contributed by atoms with Crippen LogP contribution in [0.4, 0.5) is 0 Å². The molecule has 0 saturated carbocycles. The molecule has 6 nitrogen and oxygen atoms in total. The fourth-order valence-corrected chi connectivity index (χ4v) is 1.22. The van der Waals surface area contributed by atoms with Crippen molar-refractivity contribution in [2.24, 2.45) is 10.2 Å².